The Kier molecular flexibility index (Phi) is 4.76. The molecule has 0 fully saturated rings. The van der Waals surface area contributed by atoms with Gasteiger partial charge in [0.15, 0.2) is 0 Å². The molecule has 6 heteroatoms. The van der Waals surface area contributed by atoms with Crippen LogP contribution in [-0.2, 0) is 11.2 Å². The number of nitrogens with zero attached hydrogens (tertiary/aromatic N) is 2. The van der Waals surface area contributed by atoms with Gasteiger partial charge in [-0.2, -0.15) is 0 Å². The van der Waals surface area contributed by atoms with E-state index in [0.29, 0.717) is 5.69 Å². The first-order chi connectivity index (χ1) is 13.7. The van der Waals surface area contributed by atoms with E-state index in [1.54, 1.807) is 12.1 Å². The third-order valence-corrected chi connectivity index (χ3v) is 4.70. The first-order valence-electron chi connectivity index (χ1n) is 8.98. The van der Waals surface area contributed by atoms with Crippen molar-refractivity contribution in [2.24, 2.45) is 0 Å². The summed E-state index contributed by atoms with van der Waals surface area (Å²) in [5.74, 6) is -0.963. The molecule has 28 heavy (non-hydrogen) atoms. The highest BCUT2D eigenvalue weighted by Gasteiger charge is 2.19. The highest BCUT2D eigenvalue weighted by Crippen LogP contribution is 2.34. The molecular formula is C22H19N3O3. The van der Waals surface area contributed by atoms with Gasteiger partial charge in [0.2, 0.25) is 0 Å². The lowest BCUT2D eigenvalue weighted by atomic mass is 10.2. The van der Waals surface area contributed by atoms with Crippen LogP contribution in [0.25, 0.3) is 0 Å². The number of esters is 1. The number of hydrogen-bond acceptors (Lipinski definition) is 5. The third-order valence-electron chi connectivity index (χ3n) is 4.70. The molecule has 0 bridgehead atoms. The number of pyridine rings is 1. The van der Waals surface area contributed by atoms with Crippen LogP contribution >= 0.6 is 0 Å². The second-order valence-electron chi connectivity index (χ2n) is 6.43. The van der Waals surface area contributed by atoms with E-state index < -0.39 is 5.97 Å². The number of benzene rings is 2. The Hall–Kier alpha value is -3.67. The Balaban J connectivity index is 1.48. The van der Waals surface area contributed by atoms with Crippen LogP contribution in [0.1, 0.15) is 26.5 Å². The van der Waals surface area contributed by atoms with Gasteiger partial charge >= 0.3 is 5.97 Å². The molecule has 0 radical (unpaired) electrons. The summed E-state index contributed by atoms with van der Waals surface area (Å²) in [6.45, 7) is 0.940. The Labute approximate surface area is 162 Å². The Morgan fingerprint density at radius 1 is 0.964 bits per heavy atom. The van der Waals surface area contributed by atoms with Gasteiger partial charge in [-0.1, -0.05) is 24.3 Å². The van der Waals surface area contributed by atoms with E-state index in [4.69, 9.17) is 0 Å². The van der Waals surface area contributed by atoms with Crippen LogP contribution in [0.5, 0.6) is 0 Å². The fraction of sp³-hybridized carbons (Fsp3) is 0.136. The number of carbonyl (C=O) groups excluding carboxylic acids is 2. The molecule has 0 saturated carbocycles. The van der Waals surface area contributed by atoms with Gasteiger partial charge in [-0.3, -0.25) is 4.79 Å². The van der Waals surface area contributed by atoms with Crippen molar-refractivity contribution in [1.29, 1.82) is 0 Å². The number of carbonyl (C=O) groups is 2. The van der Waals surface area contributed by atoms with Crippen LogP contribution in [-0.4, -0.2) is 30.5 Å². The summed E-state index contributed by atoms with van der Waals surface area (Å²) in [4.78, 5) is 30.3. The minimum atomic E-state index is -0.579. The molecule has 0 spiro atoms. The van der Waals surface area contributed by atoms with E-state index in [1.165, 1.54) is 24.4 Å². The molecular weight excluding hydrogens is 354 g/mol. The first-order valence-corrected chi connectivity index (χ1v) is 8.98. The summed E-state index contributed by atoms with van der Waals surface area (Å²) in [6, 6.07) is 20.7. The van der Waals surface area contributed by atoms with Crippen molar-refractivity contribution in [2.75, 3.05) is 23.9 Å². The molecule has 3 aromatic rings. The van der Waals surface area contributed by atoms with Crippen molar-refractivity contribution in [3.05, 3.63) is 83.7 Å². The number of para-hydroxylation sites is 1. The molecule has 1 aliphatic heterocycles. The number of methoxy groups -OCH3 is 1. The maximum Gasteiger partial charge on any atom is 0.356 e. The molecule has 2 aromatic carbocycles. The normalized spacial score (nSPS) is 12.4. The van der Waals surface area contributed by atoms with Crippen LogP contribution in [0, 0.1) is 0 Å². The molecule has 1 N–H and O–H groups in total. The van der Waals surface area contributed by atoms with Gasteiger partial charge in [0.25, 0.3) is 5.91 Å². The second-order valence-corrected chi connectivity index (χ2v) is 6.43. The highest BCUT2D eigenvalue weighted by molar-refractivity contribution is 6.03. The van der Waals surface area contributed by atoms with Crippen molar-refractivity contribution in [2.45, 2.75) is 6.42 Å². The quantitative estimate of drug-likeness (QED) is 0.704. The molecule has 4 rings (SSSR count). The van der Waals surface area contributed by atoms with E-state index in [0.717, 1.165) is 18.7 Å². The minimum Gasteiger partial charge on any atom is -0.464 e. The number of aromatic nitrogens is 1. The zero-order valence-electron chi connectivity index (χ0n) is 15.4. The lowest BCUT2D eigenvalue weighted by Gasteiger charge is -2.20. The molecule has 0 atom stereocenters. The Morgan fingerprint density at radius 3 is 2.50 bits per heavy atom. The van der Waals surface area contributed by atoms with Crippen molar-refractivity contribution in [1.82, 2.24) is 4.98 Å². The van der Waals surface area contributed by atoms with Gasteiger partial charge in [-0.25, -0.2) is 9.78 Å². The molecule has 1 amide bonds. The highest BCUT2D eigenvalue weighted by atomic mass is 16.5. The number of hydrogen-bond donors (Lipinski definition) is 1. The number of nitrogens with one attached hydrogen (secondary N) is 1. The Morgan fingerprint density at radius 2 is 1.71 bits per heavy atom. The van der Waals surface area contributed by atoms with Gasteiger partial charge in [0, 0.05) is 23.6 Å². The fourth-order valence-electron chi connectivity index (χ4n) is 3.31. The maximum absolute atomic E-state index is 12.4. The lowest BCUT2D eigenvalue weighted by molar-refractivity contribution is 0.0594. The second kappa shape index (κ2) is 7.52. The number of amides is 1. The first kappa shape index (κ1) is 17.7. The number of ether oxygens (including phenoxy) is 1. The SMILES string of the molecule is COC(=O)c1cccc(C(=O)Nc2ccc(N3CCc4ccccc43)cc2)n1. The fourth-order valence-corrected chi connectivity index (χ4v) is 3.31. The standard InChI is InChI=1S/C22H19N3O3/c1-28-22(27)19-7-4-6-18(24-19)21(26)23-16-9-11-17(12-10-16)25-14-13-15-5-2-3-8-20(15)25/h2-12H,13-14H2,1H3,(H,23,26). The number of anilines is 3. The largest absolute Gasteiger partial charge is 0.464 e. The zero-order valence-corrected chi connectivity index (χ0v) is 15.4. The van der Waals surface area contributed by atoms with Crippen molar-refractivity contribution in [3.8, 4) is 0 Å². The predicted molar refractivity (Wildman–Crippen MR) is 107 cm³/mol. The molecule has 0 aliphatic carbocycles. The van der Waals surface area contributed by atoms with Crippen LogP contribution in [0.2, 0.25) is 0 Å². The average Bonchev–Trinajstić information content (AvgIpc) is 3.18. The molecule has 1 aliphatic rings. The van der Waals surface area contributed by atoms with Gasteiger partial charge in [0.05, 0.1) is 7.11 Å². The van der Waals surface area contributed by atoms with E-state index >= 15 is 0 Å². The van der Waals surface area contributed by atoms with Crippen LogP contribution < -0.4 is 10.2 Å². The van der Waals surface area contributed by atoms with E-state index in [9.17, 15) is 9.59 Å². The molecule has 140 valence electrons. The smallest absolute Gasteiger partial charge is 0.356 e. The Bertz CT molecular complexity index is 1030. The van der Waals surface area contributed by atoms with Crippen molar-refractivity contribution < 1.29 is 14.3 Å². The van der Waals surface area contributed by atoms with Crippen LogP contribution in [0.4, 0.5) is 17.1 Å². The number of rotatable bonds is 4. The summed E-state index contributed by atoms with van der Waals surface area (Å²) in [7, 11) is 1.27. The summed E-state index contributed by atoms with van der Waals surface area (Å²) in [6.07, 6.45) is 1.02. The van der Waals surface area contributed by atoms with E-state index in [-0.39, 0.29) is 17.3 Å². The van der Waals surface area contributed by atoms with Crippen LogP contribution in [0.15, 0.2) is 66.7 Å². The van der Waals surface area contributed by atoms with Gasteiger partial charge in [-0.05, 0) is 54.4 Å². The van der Waals surface area contributed by atoms with Gasteiger partial charge in [0.1, 0.15) is 11.4 Å². The molecule has 1 aromatic heterocycles. The number of fused-ring (bicyclic) bond motifs is 1. The van der Waals surface area contributed by atoms with Crippen molar-refractivity contribution in [3.63, 3.8) is 0 Å². The maximum atomic E-state index is 12.4. The van der Waals surface area contributed by atoms with Gasteiger partial charge in [-0.15, -0.1) is 0 Å². The molecule has 2 heterocycles. The molecule has 0 saturated heterocycles. The predicted octanol–water partition coefficient (Wildman–Crippen LogP) is 3.81. The topological polar surface area (TPSA) is 71.5 Å². The summed E-state index contributed by atoms with van der Waals surface area (Å²) in [5, 5.41) is 2.81. The minimum absolute atomic E-state index is 0.0956. The summed E-state index contributed by atoms with van der Waals surface area (Å²) < 4.78 is 4.64. The van der Waals surface area contributed by atoms with E-state index in [2.05, 4.69) is 38.1 Å². The average molecular weight is 373 g/mol. The van der Waals surface area contributed by atoms with Gasteiger partial charge < -0.3 is 15.0 Å². The van der Waals surface area contributed by atoms with E-state index in [1.807, 2.05) is 30.3 Å². The summed E-state index contributed by atoms with van der Waals surface area (Å²) >= 11 is 0. The third kappa shape index (κ3) is 3.44. The van der Waals surface area contributed by atoms with Crippen molar-refractivity contribution >= 4 is 28.9 Å². The summed E-state index contributed by atoms with van der Waals surface area (Å²) in [5.41, 5.74) is 4.55. The van der Waals surface area contributed by atoms with Crippen LogP contribution in [0.3, 0.4) is 0 Å². The molecule has 0 unspecified atom stereocenters. The lowest BCUT2D eigenvalue weighted by Crippen LogP contribution is -2.16. The zero-order chi connectivity index (χ0) is 19.5. The monoisotopic (exact) mass is 373 g/mol. The molecule has 6 nitrogen and oxygen atoms in total.